The van der Waals surface area contributed by atoms with Gasteiger partial charge in [0.2, 0.25) is 0 Å². The summed E-state index contributed by atoms with van der Waals surface area (Å²) in [5.41, 5.74) is 7.09. The van der Waals surface area contributed by atoms with Crippen LogP contribution in [0.4, 0.5) is 5.69 Å². The second-order valence-electron chi connectivity index (χ2n) is 6.45. The lowest BCUT2D eigenvalue weighted by Gasteiger charge is -2.11. The third kappa shape index (κ3) is 6.35. The maximum absolute atomic E-state index is 11.8. The number of anilines is 1. The van der Waals surface area contributed by atoms with E-state index in [1.54, 1.807) is 30.3 Å². The number of benzene rings is 2. The van der Waals surface area contributed by atoms with Gasteiger partial charge in [-0.25, -0.2) is 0 Å². The Morgan fingerprint density at radius 2 is 1.62 bits per heavy atom. The maximum atomic E-state index is 11.8. The first-order valence-electron chi connectivity index (χ1n) is 9.04. The number of aryl methyl sites for hydroxylation is 1. The number of hydrogen-bond donors (Lipinski definition) is 2. The molecule has 3 N–H and O–H groups in total. The predicted octanol–water partition coefficient (Wildman–Crippen LogP) is 5.21. The van der Waals surface area contributed by atoms with Crippen molar-refractivity contribution in [1.29, 1.82) is 0 Å². The van der Waals surface area contributed by atoms with Gasteiger partial charge in [0.05, 0.1) is 0 Å². The molecule has 2 aromatic rings. The summed E-state index contributed by atoms with van der Waals surface area (Å²) in [5.74, 6) is 0.553. The third-order valence-corrected chi connectivity index (χ3v) is 5.09. The second-order valence-corrected chi connectivity index (χ2v) is 7.83. The summed E-state index contributed by atoms with van der Waals surface area (Å²) >= 11 is 0. The van der Waals surface area contributed by atoms with Crippen molar-refractivity contribution in [3.05, 3.63) is 48.0 Å². The van der Waals surface area contributed by atoms with Gasteiger partial charge in [0, 0.05) is 5.69 Å². The molecule has 0 aliphatic carbocycles. The molecule has 0 radical (unpaired) electrons. The Labute approximate surface area is 155 Å². The van der Waals surface area contributed by atoms with E-state index < -0.39 is 10.1 Å². The van der Waals surface area contributed by atoms with Gasteiger partial charge in [0.25, 0.3) is 10.1 Å². The van der Waals surface area contributed by atoms with E-state index in [1.165, 1.54) is 31.7 Å². The fourth-order valence-electron chi connectivity index (χ4n) is 2.77. The minimum atomic E-state index is -4.38. The lowest BCUT2D eigenvalue weighted by atomic mass is 10.0. The Bertz CT molecular complexity index is 801. The highest BCUT2D eigenvalue weighted by Crippen LogP contribution is 2.30. The molecule has 2 aromatic carbocycles. The third-order valence-electron chi connectivity index (χ3n) is 4.21. The smallest absolute Gasteiger partial charge is 0.298 e. The standard InChI is InChI=1S/C20H27NO4S/c1-2-3-4-5-6-7-8-16-9-14-19(20(15-16)26(22,23)24)25-18-12-10-17(21)11-13-18/h9-15H,2-8,21H2,1H3,(H,22,23,24). The van der Waals surface area contributed by atoms with Gasteiger partial charge in [-0.3, -0.25) is 4.55 Å². The van der Waals surface area contributed by atoms with Gasteiger partial charge >= 0.3 is 0 Å². The molecule has 0 atom stereocenters. The van der Waals surface area contributed by atoms with E-state index in [9.17, 15) is 13.0 Å². The quantitative estimate of drug-likeness (QED) is 0.337. The minimum absolute atomic E-state index is 0.101. The summed E-state index contributed by atoms with van der Waals surface area (Å²) in [4.78, 5) is -0.210. The van der Waals surface area contributed by atoms with Gasteiger partial charge in [-0.1, -0.05) is 45.1 Å². The van der Waals surface area contributed by atoms with Crippen molar-refractivity contribution in [3.63, 3.8) is 0 Å². The minimum Gasteiger partial charge on any atom is -0.456 e. The molecule has 0 aliphatic heterocycles. The monoisotopic (exact) mass is 377 g/mol. The molecule has 142 valence electrons. The number of hydrogen-bond acceptors (Lipinski definition) is 4. The molecule has 5 nitrogen and oxygen atoms in total. The molecule has 0 aromatic heterocycles. The zero-order valence-corrected chi connectivity index (χ0v) is 16.0. The van der Waals surface area contributed by atoms with Gasteiger partial charge < -0.3 is 10.5 Å². The normalized spacial score (nSPS) is 11.5. The lowest BCUT2D eigenvalue weighted by Crippen LogP contribution is -2.02. The van der Waals surface area contributed by atoms with E-state index >= 15 is 0 Å². The Hall–Kier alpha value is -2.05. The molecular weight excluding hydrogens is 350 g/mol. The van der Waals surface area contributed by atoms with Gasteiger partial charge in [0.15, 0.2) is 0 Å². The summed E-state index contributed by atoms with van der Waals surface area (Å²) in [6.45, 7) is 2.19. The van der Waals surface area contributed by atoms with Gasteiger partial charge in [-0.2, -0.15) is 8.42 Å². The van der Waals surface area contributed by atoms with Gasteiger partial charge in [0.1, 0.15) is 16.4 Å². The Kier molecular flexibility index (Phi) is 7.48. The van der Waals surface area contributed by atoms with E-state index in [0.29, 0.717) is 11.4 Å². The van der Waals surface area contributed by atoms with Crippen LogP contribution in [-0.2, 0) is 16.5 Å². The summed E-state index contributed by atoms with van der Waals surface area (Å²) < 4.78 is 38.7. The van der Waals surface area contributed by atoms with Crippen LogP contribution < -0.4 is 10.5 Å². The SMILES string of the molecule is CCCCCCCCc1ccc(Oc2ccc(N)cc2)c(S(=O)(=O)O)c1. The first-order chi connectivity index (χ1) is 12.4. The molecule has 0 bridgehead atoms. The first kappa shape index (κ1) is 20.3. The highest BCUT2D eigenvalue weighted by Gasteiger charge is 2.18. The molecular formula is C20H27NO4S. The van der Waals surface area contributed by atoms with Crippen LogP contribution in [0.1, 0.15) is 51.0 Å². The van der Waals surface area contributed by atoms with Crippen LogP contribution in [0.3, 0.4) is 0 Å². The van der Waals surface area contributed by atoms with E-state index in [2.05, 4.69) is 6.92 Å². The van der Waals surface area contributed by atoms with Gasteiger partial charge in [-0.05, 0) is 54.8 Å². The average molecular weight is 378 g/mol. The van der Waals surface area contributed by atoms with Crippen molar-refractivity contribution in [2.75, 3.05) is 5.73 Å². The summed E-state index contributed by atoms with van der Waals surface area (Å²) in [6, 6.07) is 11.5. The van der Waals surface area contributed by atoms with Crippen molar-refractivity contribution in [1.82, 2.24) is 0 Å². The molecule has 0 heterocycles. The summed E-state index contributed by atoms with van der Waals surface area (Å²) in [7, 11) is -4.38. The molecule has 0 amide bonds. The topological polar surface area (TPSA) is 89.6 Å². The van der Waals surface area contributed by atoms with Crippen molar-refractivity contribution in [3.8, 4) is 11.5 Å². The first-order valence-corrected chi connectivity index (χ1v) is 10.5. The van der Waals surface area contributed by atoms with Crippen LogP contribution in [-0.4, -0.2) is 13.0 Å². The number of ether oxygens (including phenoxy) is 1. The highest BCUT2D eigenvalue weighted by atomic mass is 32.2. The number of unbranched alkanes of at least 4 members (excludes halogenated alkanes) is 5. The van der Waals surface area contributed by atoms with Crippen molar-refractivity contribution in [2.24, 2.45) is 0 Å². The molecule has 0 unspecified atom stereocenters. The average Bonchev–Trinajstić information content (AvgIpc) is 2.60. The zero-order chi connectivity index (χ0) is 19.0. The van der Waals surface area contributed by atoms with Crippen LogP contribution in [0, 0.1) is 0 Å². The van der Waals surface area contributed by atoms with Crippen LogP contribution in [0.15, 0.2) is 47.4 Å². The Morgan fingerprint density at radius 3 is 2.27 bits per heavy atom. The fraction of sp³-hybridized carbons (Fsp3) is 0.400. The maximum Gasteiger partial charge on any atom is 0.298 e. The lowest BCUT2D eigenvalue weighted by molar-refractivity contribution is 0.449. The highest BCUT2D eigenvalue weighted by molar-refractivity contribution is 7.86. The predicted molar refractivity (Wildman–Crippen MR) is 104 cm³/mol. The van der Waals surface area contributed by atoms with E-state index in [4.69, 9.17) is 10.5 Å². The van der Waals surface area contributed by atoms with Crippen LogP contribution in [0.25, 0.3) is 0 Å². The molecule has 2 rings (SSSR count). The van der Waals surface area contributed by atoms with Crippen LogP contribution >= 0.6 is 0 Å². The summed E-state index contributed by atoms with van der Waals surface area (Å²) in [5, 5.41) is 0. The van der Waals surface area contributed by atoms with Crippen molar-refractivity contribution in [2.45, 2.75) is 56.8 Å². The molecule has 0 saturated carbocycles. The Morgan fingerprint density at radius 1 is 0.962 bits per heavy atom. The molecule has 0 aliphatic rings. The van der Waals surface area contributed by atoms with Crippen molar-refractivity contribution < 1.29 is 17.7 Å². The fourth-order valence-corrected chi connectivity index (χ4v) is 3.43. The molecule has 6 heteroatoms. The van der Waals surface area contributed by atoms with E-state index in [0.717, 1.165) is 24.8 Å². The second kappa shape index (κ2) is 9.59. The Balaban J connectivity index is 2.08. The van der Waals surface area contributed by atoms with Crippen LogP contribution in [0.2, 0.25) is 0 Å². The molecule has 0 saturated heterocycles. The van der Waals surface area contributed by atoms with E-state index in [1.807, 2.05) is 6.07 Å². The van der Waals surface area contributed by atoms with Crippen molar-refractivity contribution >= 4 is 15.8 Å². The summed E-state index contributed by atoms with van der Waals surface area (Å²) in [6.07, 6.45) is 7.78. The van der Waals surface area contributed by atoms with E-state index in [-0.39, 0.29) is 10.6 Å². The molecule has 26 heavy (non-hydrogen) atoms. The van der Waals surface area contributed by atoms with Gasteiger partial charge in [-0.15, -0.1) is 0 Å². The number of rotatable bonds is 10. The zero-order valence-electron chi connectivity index (χ0n) is 15.1. The van der Waals surface area contributed by atoms with Crippen LogP contribution in [0.5, 0.6) is 11.5 Å². The number of nitrogen functional groups attached to an aromatic ring is 1. The number of nitrogens with two attached hydrogens (primary N) is 1. The molecule has 0 spiro atoms. The molecule has 0 fully saturated rings. The largest absolute Gasteiger partial charge is 0.456 e.